The predicted octanol–water partition coefficient (Wildman–Crippen LogP) is 2.29. The number of rotatable bonds is 6. The summed E-state index contributed by atoms with van der Waals surface area (Å²) in [5, 5.41) is 6.19. The lowest BCUT2D eigenvalue weighted by Crippen LogP contribution is -2.48. The Morgan fingerprint density at radius 3 is 2.61 bits per heavy atom. The molecule has 0 bridgehead atoms. The number of aromatic nitrogens is 1. The molecule has 1 aromatic heterocycles. The topological polar surface area (TPSA) is 74.0 Å². The van der Waals surface area contributed by atoms with Crippen LogP contribution < -0.4 is 10.6 Å². The van der Waals surface area contributed by atoms with Gasteiger partial charge in [-0.2, -0.15) is 0 Å². The van der Waals surface area contributed by atoms with Gasteiger partial charge in [0, 0.05) is 18.7 Å². The molecule has 3 N–H and O–H groups in total. The first-order chi connectivity index (χ1) is 11.1. The molecule has 3 rings (SSSR count). The summed E-state index contributed by atoms with van der Waals surface area (Å²) in [7, 11) is 0. The van der Waals surface area contributed by atoms with Gasteiger partial charge in [0.05, 0.1) is 5.02 Å². The minimum Gasteiger partial charge on any atom is -0.356 e. The van der Waals surface area contributed by atoms with Crippen molar-refractivity contribution in [1.29, 1.82) is 0 Å². The molecule has 0 spiro atoms. The summed E-state index contributed by atoms with van der Waals surface area (Å²) in [5.41, 5.74) is 1.33. The van der Waals surface area contributed by atoms with Gasteiger partial charge in [-0.3, -0.25) is 9.59 Å². The average molecular weight is 332 g/mol. The van der Waals surface area contributed by atoms with Gasteiger partial charge in [-0.15, -0.1) is 0 Å². The highest BCUT2D eigenvalue weighted by atomic mass is 35.5. The zero-order valence-electron chi connectivity index (χ0n) is 12.5. The molecule has 1 aliphatic carbocycles. The Bertz CT molecular complexity index is 695. The van der Waals surface area contributed by atoms with Crippen molar-refractivity contribution in [3.8, 4) is 0 Å². The van der Waals surface area contributed by atoms with Crippen LogP contribution in [0.25, 0.3) is 0 Å². The first-order valence-electron chi connectivity index (χ1n) is 7.61. The van der Waals surface area contributed by atoms with Crippen LogP contribution in [0.15, 0.2) is 42.6 Å². The number of hydrogen-bond acceptors (Lipinski definition) is 2. The lowest BCUT2D eigenvalue weighted by Gasteiger charge is -2.18. The number of H-pyrrole nitrogens is 1. The number of halogens is 1. The standard InChI is InChI=1S/C17H18ClN3O2/c18-12-9-14(19-10-12)16(22)21-15(17(23)20-13-6-7-13)8-11-4-2-1-3-5-11/h1-5,9-10,13,15,19H,6-8H2,(H,20,23)(H,21,22)/t15-/m1/s1. The molecule has 2 aromatic rings. The summed E-state index contributed by atoms with van der Waals surface area (Å²) in [5.74, 6) is -0.494. The third kappa shape index (κ3) is 4.36. The maximum atomic E-state index is 12.4. The summed E-state index contributed by atoms with van der Waals surface area (Å²) < 4.78 is 0. The number of carbonyl (C=O) groups excluding carboxylic acids is 2. The van der Waals surface area contributed by atoms with Crippen molar-refractivity contribution in [2.24, 2.45) is 0 Å². The van der Waals surface area contributed by atoms with Crippen molar-refractivity contribution in [3.63, 3.8) is 0 Å². The molecule has 1 aromatic carbocycles. The molecule has 0 radical (unpaired) electrons. The summed E-state index contributed by atoms with van der Waals surface area (Å²) in [6.45, 7) is 0. The molecule has 0 saturated heterocycles. The molecule has 23 heavy (non-hydrogen) atoms. The van der Waals surface area contributed by atoms with E-state index in [0.29, 0.717) is 17.1 Å². The van der Waals surface area contributed by atoms with Crippen LogP contribution >= 0.6 is 11.6 Å². The van der Waals surface area contributed by atoms with Crippen LogP contribution in [0.3, 0.4) is 0 Å². The molecule has 120 valence electrons. The molecule has 0 aliphatic heterocycles. The minimum absolute atomic E-state index is 0.151. The monoisotopic (exact) mass is 331 g/mol. The van der Waals surface area contributed by atoms with Gasteiger partial charge in [0.1, 0.15) is 11.7 Å². The van der Waals surface area contributed by atoms with Crippen LogP contribution in [0.1, 0.15) is 28.9 Å². The minimum atomic E-state index is -0.618. The SMILES string of the molecule is O=C(N[C@H](Cc1ccccc1)C(=O)NC1CC1)c1cc(Cl)c[nH]1. The molecule has 1 atom stereocenters. The number of amides is 2. The Labute approximate surface area is 139 Å². The molecular weight excluding hydrogens is 314 g/mol. The van der Waals surface area contributed by atoms with Crippen molar-refractivity contribution in [2.45, 2.75) is 31.3 Å². The molecule has 2 amide bonds. The lowest BCUT2D eigenvalue weighted by atomic mass is 10.0. The van der Waals surface area contributed by atoms with E-state index in [1.54, 1.807) is 0 Å². The zero-order valence-corrected chi connectivity index (χ0v) is 13.3. The van der Waals surface area contributed by atoms with Crippen LogP contribution in [0, 0.1) is 0 Å². The van der Waals surface area contributed by atoms with Crippen molar-refractivity contribution < 1.29 is 9.59 Å². The third-order valence-electron chi connectivity index (χ3n) is 3.72. The van der Waals surface area contributed by atoms with Gasteiger partial charge in [-0.25, -0.2) is 0 Å². The smallest absolute Gasteiger partial charge is 0.268 e. The maximum Gasteiger partial charge on any atom is 0.268 e. The van der Waals surface area contributed by atoms with Gasteiger partial charge >= 0.3 is 0 Å². The third-order valence-corrected chi connectivity index (χ3v) is 3.94. The predicted molar refractivity (Wildman–Crippen MR) is 88.4 cm³/mol. The summed E-state index contributed by atoms with van der Waals surface area (Å²) in [4.78, 5) is 27.5. The molecule has 6 heteroatoms. The Morgan fingerprint density at radius 1 is 1.26 bits per heavy atom. The Balaban J connectivity index is 1.71. The summed E-state index contributed by atoms with van der Waals surface area (Å²) in [6, 6.07) is 10.8. The quantitative estimate of drug-likeness (QED) is 0.759. The van der Waals surface area contributed by atoms with Gasteiger partial charge in [0.25, 0.3) is 5.91 Å². The fraction of sp³-hybridized carbons (Fsp3) is 0.294. The molecule has 1 aliphatic rings. The number of carbonyl (C=O) groups is 2. The van der Waals surface area contributed by atoms with Gasteiger partial charge in [0.15, 0.2) is 0 Å². The van der Waals surface area contributed by atoms with E-state index in [9.17, 15) is 9.59 Å². The highest BCUT2D eigenvalue weighted by Crippen LogP contribution is 2.19. The summed E-state index contributed by atoms with van der Waals surface area (Å²) >= 11 is 5.82. The van der Waals surface area contributed by atoms with Crippen molar-refractivity contribution in [1.82, 2.24) is 15.6 Å². The van der Waals surface area contributed by atoms with Crippen LogP contribution in [0.5, 0.6) is 0 Å². The largest absolute Gasteiger partial charge is 0.356 e. The Hall–Kier alpha value is -2.27. The zero-order chi connectivity index (χ0) is 16.2. The second-order valence-corrected chi connectivity index (χ2v) is 6.17. The van der Waals surface area contributed by atoms with Crippen molar-refractivity contribution in [2.75, 3.05) is 0 Å². The van der Waals surface area contributed by atoms with Gasteiger partial charge < -0.3 is 15.6 Å². The number of benzene rings is 1. The fourth-order valence-electron chi connectivity index (χ4n) is 2.32. The maximum absolute atomic E-state index is 12.4. The molecule has 1 heterocycles. The molecular formula is C17H18ClN3O2. The highest BCUT2D eigenvalue weighted by molar-refractivity contribution is 6.31. The van der Waals surface area contributed by atoms with E-state index in [4.69, 9.17) is 11.6 Å². The van der Waals surface area contributed by atoms with Crippen LogP contribution in [-0.2, 0) is 11.2 Å². The second kappa shape index (κ2) is 6.87. The number of nitrogens with one attached hydrogen (secondary N) is 3. The average Bonchev–Trinajstić information content (AvgIpc) is 3.25. The van der Waals surface area contributed by atoms with Crippen molar-refractivity contribution >= 4 is 23.4 Å². The van der Waals surface area contributed by atoms with Crippen molar-refractivity contribution in [3.05, 3.63) is 58.9 Å². The van der Waals surface area contributed by atoms with E-state index in [0.717, 1.165) is 18.4 Å². The first kappa shape index (κ1) is 15.6. The van der Waals surface area contributed by atoms with E-state index in [2.05, 4.69) is 15.6 Å². The van der Waals surface area contributed by atoms with Crippen LogP contribution in [-0.4, -0.2) is 28.9 Å². The van der Waals surface area contributed by atoms with Crippen LogP contribution in [0.4, 0.5) is 0 Å². The van der Waals surface area contributed by atoms with Gasteiger partial charge in [-0.1, -0.05) is 41.9 Å². The van der Waals surface area contributed by atoms with E-state index in [1.807, 2.05) is 30.3 Å². The van der Waals surface area contributed by atoms with E-state index < -0.39 is 6.04 Å². The summed E-state index contributed by atoms with van der Waals surface area (Å²) in [6.07, 6.45) is 3.99. The van der Waals surface area contributed by atoms with E-state index in [1.165, 1.54) is 12.3 Å². The van der Waals surface area contributed by atoms with E-state index in [-0.39, 0.29) is 17.9 Å². The Kier molecular flexibility index (Phi) is 4.67. The van der Waals surface area contributed by atoms with Crippen LogP contribution in [0.2, 0.25) is 5.02 Å². The van der Waals surface area contributed by atoms with Gasteiger partial charge in [0.2, 0.25) is 5.91 Å². The molecule has 0 unspecified atom stereocenters. The lowest BCUT2D eigenvalue weighted by molar-refractivity contribution is -0.123. The first-order valence-corrected chi connectivity index (χ1v) is 7.98. The Morgan fingerprint density at radius 2 is 2.00 bits per heavy atom. The fourth-order valence-corrected chi connectivity index (χ4v) is 2.49. The highest BCUT2D eigenvalue weighted by Gasteiger charge is 2.28. The normalized spacial score (nSPS) is 15.0. The molecule has 1 saturated carbocycles. The second-order valence-electron chi connectivity index (χ2n) is 5.73. The number of aromatic amines is 1. The van der Waals surface area contributed by atoms with E-state index >= 15 is 0 Å². The number of hydrogen-bond donors (Lipinski definition) is 3. The van der Waals surface area contributed by atoms with Gasteiger partial charge in [-0.05, 0) is 24.5 Å². The molecule has 1 fully saturated rings. The molecule has 5 nitrogen and oxygen atoms in total.